The van der Waals surface area contributed by atoms with Crippen molar-refractivity contribution >= 4 is 12.4 Å². The fourth-order valence-corrected chi connectivity index (χ4v) is 1.83. The molecule has 0 aliphatic heterocycles. The van der Waals surface area contributed by atoms with Crippen molar-refractivity contribution in [2.75, 3.05) is 19.6 Å². The standard InChI is InChI=1S/C13H29N.ClH/c1-4-7-8-9-10-11-12-13-14(5-2)6-3;/h4-13H2,1-3H3;1H. The number of nitrogens with zero attached hydrogens (tertiary/aromatic N) is 1. The Morgan fingerprint density at radius 1 is 0.667 bits per heavy atom. The van der Waals surface area contributed by atoms with Crippen molar-refractivity contribution in [3.05, 3.63) is 0 Å². The molecule has 0 rings (SSSR count). The van der Waals surface area contributed by atoms with Gasteiger partial charge in [0.1, 0.15) is 0 Å². The molecule has 1 nitrogen and oxygen atoms in total. The Kier molecular flexibility index (Phi) is 16.8. The van der Waals surface area contributed by atoms with E-state index in [0.717, 1.165) is 0 Å². The number of rotatable bonds is 10. The van der Waals surface area contributed by atoms with Gasteiger partial charge in [-0.05, 0) is 26.1 Å². The Morgan fingerprint density at radius 2 is 1.13 bits per heavy atom. The van der Waals surface area contributed by atoms with E-state index < -0.39 is 0 Å². The van der Waals surface area contributed by atoms with E-state index in [0.29, 0.717) is 0 Å². The van der Waals surface area contributed by atoms with Crippen LogP contribution in [0.5, 0.6) is 0 Å². The van der Waals surface area contributed by atoms with Crippen LogP contribution in [0.3, 0.4) is 0 Å². The number of unbranched alkanes of at least 4 members (excludes halogenated alkanes) is 6. The van der Waals surface area contributed by atoms with E-state index in [1.807, 2.05) is 0 Å². The molecular weight excluding hydrogens is 206 g/mol. The maximum atomic E-state index is 2.52. The van der Waals surface area contributed by atoms with Crippen LogP contribution in [0, 0.1) is 0 Å². The lowest BCUT2D eigenvalue weighted by Gasteiger charge is -2.17. The molecule has 0 N–H and O–H groups in total. The first-order valence-corrected chi connectivity index (χ1v) is 6.57. The molecule has 15 heavy (non-hydrogen) atoms. The molecule has 0 saturated heterocycles. The number of hydrogen-bond donors (Lipinski definition) is 0. The highest BCUT2D eigenvalue weighted by Crippen LogP contribution is 2.07. The van der Waals surface area contributed by atoms with Crippen molar-refractivity contribution in [3.63, 3.8) is 0 Å². The molecule has 0 bridgehead atoms. The van der Waals surface area contributed by atoms with E-state index in [4.69, 9.17) is 0 Å². The molecule has 0 spiro atoms. The molecule has 0 radical (unpaired) electrons. The van der Waals surface area contributed by atoms with Crippen LogP contribution in [-0.2, 0) is 0 Å². The molecule has 0 unspecified atom stereocenters. The van der Waals surface area contributed by atoms with Crippen LogP contribution in [0.2, 0.25) is 0 Å². The fourth-order valence-electron chi connectivity index (χ4n) is 1.83. The van der Waals surface area contributed by atoms with E-state index >= 15 is 0 Å². The van der Waals surface area contributed by atoms with Gasteiger partial charge in [-0.3, -0.25) is 0 Å². The molecule has 0 aromatic carbocycles. The van der Waals surface area contributed by atoms with Crippen molar-refractivity contribution in [1.29, 1.82) is 0 Å². The van der Waals surface area contributed by atoms with Gasteiger partial charge < -0.3 is 4.90 Å². The van der Waals surface area contributed by atoms with Crippen molar-refractivity contribution in [2.24, 2.45) is 0 Å². The largest absolute Gasteiger partial charge is 0.304 e. The van der Waals surface area contributed by atoms with Crippen LogP contribution in [0.25, 0.3) is 0 Å². The molecule has 0 atom stereocenters. The van der Waals surface area contributed by atoms with Gasteiger partial charge >= 0.3 is 0 Å². The van der Waals surface area contributed by atoms with Crippen LogP contribution in [-0.4, -0.2) is 24.5 Å². The predicted molar refractivity (Wildman–Crippen MR) is 73.0 cm³/mol. The molecular formula is C13H30ClN. The van der Waals surface area contributed by atoms with Crippen LogP contribution in [0.1, 0.15) is 65.7 Å². The number of halogens is 1. The van der Waals surface area contributed by atoms with Crippen LogP contribution in [0.4, 0.5) is 0 Å². The summed E-state index contributed by atoms with van der Waals surface area (Å²) in [5.41, 5.74) is 0. The summed E-state index contributed by atoms with van der Waals surface area (Å²) in [6.07, 6.45) is 9.96. The van der Waals surface area contributed by atoms with Gasteiger partial charge in [0.05, 0.1) is 0 Å². The van der Waals surface area contributed by atoms with E-state index in [2.05, 4.69) is 25.7 Å². The number of hydrogen-bond acceptors (Lipinski definition) is 1. The monoisotopic (exact) mass is 235 g/mol. The second-order valence-corrected chi connectivity index (χ2v) is 4.15. The third-order valence-corrected chi connectivity index (χ3v) is 2.97. The third kappa shape index (κ3) is 12.2. The second-order valence-electron chi connectivity index (χ2n) is 4.15. The predicted octanol–water partition coefficient (Wildman–Crippen LogP) is 4.50. The molecule has 0 aromatic rings. The minimum atomic E-state index is 0. The summed E-state index contributed by atoms with van der Waals surface area (Å²) in [7, 11) is 0. The third-order valence-electron chi connectivity index (χ3n) is 2.97. The maximum absolute atomic E-state index is 2.52. The zero-order chi connectivity index (χ0) is 10.6. The van der Waals surface area contributed by atoms with E-state index in [-0.39, 0.29) is 12.4 Å². The minimum Gasteiger partial charge on any atom is -0.304 e. The highest BCUT2D eigenvalue weighted by atomic mass is 35.5. The van der Waals surface area contributed by atoms with Gasteiger partial charge in [-0.1, -0.05) is 59.3 Å². The smallest absolute Gasteiger partial charge is 0.00190 e. The molecule has 0 fully saturated rings. The van der Waals surface area contributed by atoms with Crippen LogP contribution < -0.4 is 0 Å². The fraction of sp³-hybridized carbons (Fsp3) is 1.00. The molecule has 2 heteroatoms. The summed E-state index contributed by atoms with van der Waals surface area (Å²) < 4.78 is 0. The first-order valence-electron chi connectivity index (χ1n) is 6.57. The molecule has 0 saturated carbocycles. The topological polar surface area (TPSA) is 3.24 Å². The van der Waals surface area contributed by atoms with Gasteiger partial charge in [-0.15, -0.1) is 12.4 Å². The Bertz CT molecular complexity index is 103. The van der Waals surface area contributed by atoms with Crippen LogP contribution >= 0.6 is 12.4 Å². The Hall–Kier alpha value is 0.250. The molecule has 0 amide bonds. The summed E-state index contributed by atoms with van der Waals surface area (Å²) in [6, 6.07) is 0. The summed E-state index contributed by atoms with van der Waals surface area (Å²) in [4.78, 5) is 2.52. The van der Waals surface area contributed by atoms with Crippen molar-refractivity contribution < 1.29 is 0 Å². The summed E-state index contributed by atoms with van der Waals surface area (Å²) in [5.74, 6) is 0. The molecule has 0 heterocycles. The maximum Gasteiger partial charge on any atom is -0.00190 e. The lowest BCUT2D eigenvalue weighted by atomic mass is 10.1. The van der Waals surface area contributed by atoms with Gasteiger partial charge in [0.2, 0.25) is 0 Å². The highest BCUT2D eigenvalue weighted by Gasteiger charge is 1.97. The van der Waals surface area contributed by atoms with E-state index in [1.165, 1.54) is 64.6 Å². The van der Waals surface area contributed by atoms with Gasteiger partial charge in [-0.25, -0.2) is 0 Å². The first kappa shape index (κ1) is 17.6. The van der Waals surface area contributed by atoms with E-state index in [9.17, 15) is 0 Å². The zero-order valence-electron chi connectivity index (χ0n) is 10.9. The Morgan fingerprint density at radius 3 is 1.60 bits per heavy atom. The second kappa shape index (κ2) is 14.2. The average Bonchev–Trinajstić information content (AvgIpc) is 2.22. The summed E-state index contributed by atoms with van der Waals surface area (Å²) in [5, 5.41) is 0. The normalized spacial score (nSPS) is 10.4. The van der Waals surface area contributed by atoms with E-state index in [1.54, 1.807) is 0 Å². The molecule has 94 valence electrons. The van der Waals surface area contributed by atoms with Crippen molar-refractivity contribution in [2.45, 2.75) is 65.7 Å². The van der Waals surface area contributed by atoms with Gasteiger partial charge in [0.15, 0.2) is 0 Å². The average molecular weight is 236 g/mol. The summed E-state index contributed by atoms with van der Waals surface area (Å²) >= 11 is 0. The highest BCUT2D eigenvalue weighted by molar-refractivity contribution is 5.85. The zero-order valence-corrected chi connectivity index (χ0v) is 11.7. The van der Waals surface area contributed by atoms with Crippen molar-refractivity contribution in [3.8, 4) is 0 Å². The van der Waals surface area contributed by atoms with Gasteiger partial charge in [-0.2, -0.15) is 0 Å². The van der Waals surface area contributed by atoms with Crippen molar-refractivity contribution in [1.82, 2.24) is 4.90 Å². The first-order chi connectivity index (χ1) is 6.85. The quantitative estimate of drug-likeness (QED) is 0.504. The SMILES string of the molecule is CCCCCCCCCN(CC)CC.Cl. The lowest BCUT2D eigenvalue weighted by Crippen LogP contribution is -2.23. The molecule has 0 aliphatic rings. The molecule has 0 aromatic heterocycles. The van der Waals surface area contributed by atoms with Crippen LogP contribution in [0.15, 0.2) is 0 Å². The van der Waals surface area contributed by atoms with Gasteiger partial charge in [0.25, 0.3) is 0 Å². The minimum absolute atomic E-state index is 0. The Balaban J connectivity index is 0. The summed E-state index contributed by atoms with van der Waals surface area (Å²) in [6.45, 7) is 10.5. The van der Waals surface area contributed by atoms with Gasteiger partial charge in [0, 0.05) is 0 Å². The molecule has 0 aliphatic carbocycles. The Labute approximate surface area is 103 Å². The lowest BCUT2D eigenvalue weighted by molar-refractivity contribution is 0.295.